The van der Waals surface area contributed by atoms with E-state index < -0.39 is 42.1 Å². The van der Waals surface area contributed by atoms with Crippen molar-refractivity contribution in [1.82, 2.24) is 26.2 Å². The molecule has 1 unspecified atom stereocenters. The number of likely N-dealkylation sites (tertiary alicyclic amines) is 1. The van der Waals surface area contributed by atoms with Crippen LogP contribution in [0.5, 0.6) is 11.5 Å². The quantitative estimate of drug-likeness (QED) is 0.294. The van der Waals surface area contributed by atoms with Crippen LogP contribution in [0.4, 0.5) is 0 Å². The summed E-state index contributed by atoms with van der Waals surface area (Å²) in [5.74, 6) is -0.617. The summed E-state index contributed by atoms with van der Waals surface area (Å²) < 4.78 is 11.9. The SMILES string of the molecule is CCC(C)[C@@H]1NC(=O)[C@@H]2[C@H](CCN2C(=O)[C@H](Cc2ccccc2)NC(=O)[C@@H](NC)[C@@H](C)CC)Oc2ccc(OC)c(c2)/C=C/NC1=O. The Bertz CT molecular complexity index is 1430. The third-order valence-electron chi connectivity index (χ3n) is 9.37. The average Bonchev–Trinajstić information content (AvgIpc) is 3.50. The highest BCUT2D eigenvalue weighted by molar-refractivity contribution is 5.96. The fraction of sp³-hybridized carbons (Fsp3) is 0.500. The lowest BCUT2D eigenvalue weighted by Crippen LogP contribution is -2.61. The second-order valence-electron chi connectivity index (χ2n) is 12.4. The maximum atomic E-state index is 14.5. The molecule has 2 aliphatic rings. The Morgan fingerprint density at radius 2 is 1.81 bits per heavy atom. The number of hydrogen-bond donors (Lipinski definition) is 4. The van der Waals surface area contributed by atoms with Crippen LogP contribution in [0.2, 0.25) is 0 Å². The topological polar surface area (TPSA) is 138 Å². The molecule has 11 nitrogen and oxygen atoms in total. The number of fused-ring (bicyclic) bond motifs is 3. The highest BCUT2D eigenvalue weighted by Crippen LogP contribution is 2.30. The van der Waals surface area contributed by atoms with E-state index in [4.69, 9.17) is 9.47 Å². The van der Waals surface area contributed by atoms with Gasteiger partial charge in [0, 0.05) is 31.1 Å². The molecule has 0 radical (unpaired) electrons. The van der Waals surface area contributed by atoms with Crippen molar-refractivity contribution < 1.29 is 28.7 Å². The van der Waals surface area contributed by atoms with Crippen molar-refractivity contribution in [2.75, 3.05) is 20.7 Å². The van der Waals surface area contributed by atoms with E-state index in [1.165, 1.54) is 11.1 Å². The molecule has 2 aromatic rings. The number of nitrogens with zero attached hydrogens (tertiary/aromatic N) is 1. The van der Waals surface area contributed by atoms with Gasteiger partial charge in [-0.2, -0.15) is 0 Å². The molecule has 47 heavy (non-hydrogen) atoms. The minimum Gasteiger partial charge on any atom is -0.496 e. The molecule has 0 spiro atoms. The Hall–Kier alpha value is -4.38. The molecule has 0 aliphatic carbocycles. The Morgan fingerprint density at radius 3 is 2.47 bits per heavy atom. The van der Waals surface area contributed by atoms with Gasteiger partial charge in [0.25, 0.3) is 0 Å². The first kappa shape index (κ1) is 35.5. The number of carbonyl (C=O) groups excluding carboxylic acids is 4. The van der Waals surface area contributed by atoms with E-state index in [1.807, 2.05) is 58.0 Å². The molecule has 254 valence electrons. The second kappa shape index (κ2) is 16.4. The normalized spacial score (nSPS) is 22.8. The monoisotopic (exact) mass is 647 g/mol. The van der Waals surface area contributed by atoms with Gasteiger partial charge in [-0.05, 0) is 48.7 Å². The number of nitrogens with one attached hydrogen (secondary N) is 4. The molecule has 2 bridgehead atoms. The van der Waals surface area contributed by atoms with Crippen LogP contribution in [0.3, 0.4) is 0 Å². The van der Waals surface area contributed by atoms with Crippen LogP contribution < -0.4 is 30.7 Å². The first-order valence-corrected chi connectivity index (χ1v) is 16.6. The van der Waals surface area contributed by atoms with E-state index >= 15 is 0 Å². The maximum Gasteiger partial charge on any atom is 0.247 e. The van der Waals surface area contributed by atoms with E-state index in [9.17, 15) is 19.2 Å². The molecule has 7 atom stereocenters. The fourth-order valence-electron chi connectivity index (χ4n) is 6.20. The second-order valence-corrected chi connectivity index (χ2v) is 12.4. The van der Waals surface area contributed by atoms with Crippen molar-refractivity contribution in [3.63, 3.8) is 0 Å². The van der Waals surface area contributed by atoms with Crippen molar-refractivity contribution in [3.05, 3.63) is 65.9 Å². The Balaban J connectivity index is 1.72. The van der Waals surface area contributed by atoms with Crippen LogP contribution in [-0.2, 0) is 25.6 Å². The fourth-order valence-corrected chi connectivity index (χ4v) is 6.20. The van der Waals surface area contributed by atoms with E-state index in [1.54, 1.807) is 38.4 Å². The molecule has 2 aliphatic heterocycles. The van der Waals surface area contributed by atoms with Crippen molar-refractivity contribution >= 4 is 29.7 Å². The van der Waals surface area contributed by atoms with Crippen LogP contribution in [0, 0.1) is 11.8 Å². The standard InChI is InChI=1S/C36H49N5O6/c1-7-22(3)30(37-5)34(43)39-27(20-24-12-10-9-11-13-24)36(45)41-19-17-29-32(41)35(44)40-31(23(4)8-2)33(42)38-18-16-25-21-26(47-29)14-15-28(25)46-6/h9-16,18,21-23,27,29-32,37H,7-8,17,19-20H2,1-6H3,(H,38,42)(H,39,43)(H,40,44)/b18-16+/t22-,23?,27-,29-,30-,31-,32-/m0/s1. The van der Waals surface area contributed by atoms with Gasteiger partial charge in [0.2, 0.25) is 23.6 Å². The summed E-state index contributed by atoms with van der Waals surface area (Å²) in [6.45, 7) is 8.07. The number of benzene rings is 2. The van der Waals surface area contributed by atoms with Crippen molar-refractivity contribution in [1.29, 1.82) is 0 Å². The van der Waals surface area contributed by atoms with Gasteiger partial charge in [0.05, 0.1) is 13.2 Å². The molecule has 0 saturated carbocycles. The average molecular weight is 648 g/mol. The Labute approximate surface area is 277 Å². The zero-order valence-corrected chi connectivity index (χ0v) is 28.2. The molecule has 11 heteroatoms. The third-order valence-corrected chi connectivity index (χ3v) is 9.37. The lowest BCUT2D eigenvalue weighted by molar-refractivity contribution is -0.144. The summed E-state index contributed by atoms with van der Waals surface area (Å²) in [5, 5.41) is 11.8. The number of ether oxygens (including phenoxy) is 2. The molecule has 1 fully saturated rings. The van der Waals surface area contributed by atoms with Crippen LogP contribution in [-0.4, -0.2) is 79.5 Å². The lowest BCUT2D eigenvalue weighted by Gasteiger charge is -2.33. The highest BCUT2D eigenvalue weighted by atomic mass is 16.5. The molecular weight excluding hydrogens is 598 g/mol. The zero-order valence-electron chi connectivity index (χ0n) is 28.2. The summed E-state index contributed by atoms with van der Waals surface area (Å²) in [6.07, 6.45) is 4.56. The number of rotatable bonds is 11. The number of amides is 4. The molecule has 2 aromatic carbocycles. The summed E-state index contributed by atoms with van der Waals surface area (Å²) in [7, 11) is 3.29. The van der Waals surface area contributed by atoms with E-state index in [0.717, 1.165) is 12.0 Å². The van der Waals surface area contributed by atoms with Crippen molar-refractivity contribution in [2.45, 2.75) is 83.6 Å². The molecular formula is C36H49N5O6. The molecule has 4 N–H and O–H groups in total. The lowest BCUT2D eigenvalue weighted by atomic mass is 9.97. The number of hydrogen-bond acceptors (Lipinski definition) is 7. The van der Waals surface area contributed by atoms with Gasteiger partial charge in [-0.15, -0.1) is 0 Å². The highest BCUT2D eigenvalue weighted by Gasteiger charge is 2.46. The van der Waals surface area contributed by atoms with Crippen LogP contribution in [0.1, 0.15) is 58.1 Å². The van der Waals surface area contributed by atoms with Gasteiger partial charge in [-0.3, -0.25) is 19.2 Å². The van der Waals surface area contributed by atoms with Gasteiger partial charge in [0.1, 0.15) is 35.7 Å². The maximum absolute atomic E-state index is 14.5. The van der Waals surface area contributed by atoms with Crippen LogP contribution >= 0.6 is 0 Å². The summed E-state index contributed by atoms with van der Waals surface area (Å²) in [4.78, 5) is 57.1. The molecule has 1 saturated heterocycles. The summed E-state index contributed by atoms with van der Waals surface area (Å²) >= 11 is 0. The number of likely N-dealkylation sites (N-methyl/N-ethyl adjacent to an activating group) is 1. The molecule has 4 amide bonds. The van der Waals surface area contributed by atoms with Crippen LogP contribution in [0.15, 0.2) is 54.7 Å². The molecule has 0 aromatic heterocycles. The van der Waals surface area contributed by atoms with Gasteiger partial charge < -0.3 is 35.6 Å². The Kier molecular flexibility index (Phi) is 12.4. The van der Waals surface area contributed by atoms with E-state index in [2.05, 4.69) is 21.3 Å². The largest absolute Gasteiger partial charge is 0.496 e. The predicted molar refractivity (Wildman–Crippen MR) is 180 cm³/mol. The van der Waals surface area contributed by atoms with Crippen molar-refractivity contribution in [3.8, 4) is 11.5 Å². The third kappa shape index (κ3) is 8.51. The minimum atomic E-state index is -1.05. The van der Waals surface area contributed by atoms with Gasteiger partial charge in [-0.25, -0.2) is 0 Å². The predicted octanol–water partition coefficient (Wildman–Crippen LogP) is 3.04. The van der Waals surface area contributed by atoms with E-state index in [-0.39, 0.29) is 36.6 Å². The first-order chi connectivity index (χ1) is 22.6. The summed E-state index contributed by atoms with van der Waals surface area (Å²) in [6, 6.07) is 11.4. The van der Waals surface area contributed by atoms with E-state index in [0.29, 0.717) is 29.9 Å². The smallest absolute Gasteiger partial charge is 0.247 e. The summed E-state index contributed by atoms with van der Waals surface area (Å²) in [5.41, 5.74) is 1.55. The van der Waals surface area contributed by atoms with Gasteiger partial charge in [-0.1, -0.05) is 70.9 Å². The Morgan fingerprint density at radius 1 is 1.06 bits per heavy atom. The molecule has 2 heterocycles. The minimum absolute atomic E-state index is 0.0331. The van der Waals surface area contributed by atoms with Crippen LogP contribution in [0.25, 0.3) is 6.08 Å². The van der Waals surface area contributed by atoms with Gasteiger partial charge >= 0.3 is 0 Å². The number of carbonyl (C=O) groups is 4. The zero-order chi connectivity index (χ0) is 34.1. The number of methoxy groups -OCH3 is 1. The van der Waals surface area contributed by atoms with Crippen molar-refractivity contribution in [2.24, 2.45) is 11.8 Å². The van der Waals surface area contributed by atoms with Gasteiger partial charge in [0.15, 0.2) is 0 Å². The first-order valence-electron chi connectivity index (χ1n) is 16.6. The molecule has 4 rings (SSSR count).